The third-order valence-corrected chi connectivity index (χ3v) is 7.10. The summed E-state index contributed by atoms with van der Waals surface area (Å²) >= 11 is 0. The molecular weight excluding hydrogens is 532 g/mol. The Morgan fingerprint density at radius 1 is 1.15 bits per heavy atom. The lowest BCUT2D eigenvalue weighted by Crippen LogP contribution is -2.48. The van der Waals surface area contributed by atoms with E-state index in [1.807, 2.05) is 38.5 Å². The predicted octanol–water partition coefficient (Wildman–Crippen LogP) is 4.94. The molecule has 0 saturated carbocycles. The number of carbonyl (C=O) groups excluding carboxylic acids is 1. The molecule has 0 radical (unpaired) electrons. The fourth-order valence-corrected chi connectivity index (χ4v) is 5.00. The SMILES string of the molecule is CC(=O)Nc1cc(Oc2cnc3nc(Nc4cc(C(C)(C)C)n(C[C@@H]5CCN(C)CC5(F)F)n4)n(C)c3c2)ccn1. The Hall–Kier alpha value is -4.13. The lowest BCUT2D eigenvalue weighted by Gasteiger charge is -2.37. The van der Waals surface area contributed by atoms with Crippen LogP contribution in [0.25, 0.3) is 11.2 Å². The number of amides is 1. The number of hydrogen-bond donors (Lipinski definition) is 2. The molecule has 0 unspecified atom stereocenters. The molecule has 1 atom stereocenters. The number of aryl methyl sites for hydroxylation is 1. The Kier molecular flexibility index (Phi) is 7.41. The van der Waals surface area contributed by atoms with E-state index < -0.39 is 11.8 Å². The molecule has 5 heterocycles. The van der Waals surface area contributed by atoms with Crippen molar-refractivity contribution in [3.8, 4) is 11.5 Å². The van der Waals surface area contributed by atoms with Gasteiger partial charge >= 0.3 is 0 Å². The molecule has 1 aliphatic heterocycles. The maximum Gasteiger partial charge on any atom is 0.265 e. The van der Waals surface area contributed by atoms with Crippen molar-refractivity contribution in [1.29, 1.82) is 0 Å². The minimum absolute atomic E-state index is 0.137. The lowest BCUT2D eigenvalue weighted by molar-refractivity contribution is -0.114. The van der Waals surface area contributed by atoms with E-state index in [1.165, 1.54) is 13.1 Å². The number of fused-ring (bicyclic) bond motifs is 1. The Bertz CT molecular complexity index is 1570. The number of nitrogens with one attached hydrogen (secondary N) is 2. The first-order valence-electron chi connectivity index (χ1n) is 13.4. The molecule has 13 heteroatoms. The molecule has 1 fully saturated rings. The highest BCUT2D eigenvalue weighted by molar-refractivity contribution is 5.87. The maximum absolute atomic E-state index is 14.8. The van der Waals surface area contributed by atoms with E-state index in [0.29, 0.717) is 53.2 Å². The van der Waals surface area contributed by atoms with E-state index in [9.17, 15) is 13.6 Å². The summed E-state index contributed by atoms with van der Waals surface area (Å²) in [5, 5.41) is 10.6. The lowest BCUT2D eigenvalue weighted by atomic mass is 9.90. The average molecular weight is 568 g/mol. The van der Waals surface area contributed by atoms with Crippen molar-refractivity contribution in [2.75, 3.05) is 30.8 Å². The fraction of sp³-hybridized carbons (Fsp3) is 0.464. The van der Waals surface area contributed by atoms with E-state index in [-0.39, 0.29) is 24.4 Å². The molecule has 0 bridgehead atoms. The van der Waals surface area contributed by atoms with Gasteiger partial charge in [0.2, 0.25) is 11.9 Å². The number of likely N-dealkylation sites (tertiary alicyclic amines) is 1. The number of anilines is 3. The summed E-state index contributed by atoms with van der Waals surface area (Å²) in [5.74, 6) is -1.45. The van der Waals surface area contributed by atoms with E-state index in [1.54, 1.807) is 41.0 Å². The number of rotatable bonds is 7. The monoisotopic (exact) mass is 567 g/mol. The Labute approximate surface area is 236 Å². The van der Waals surface area contributed by atoms with Gasteiger partial charge in [-0.15, -0.1) is 0 Å². The zero-order chi connectivity index (χ0) is 29.5. The van der Waals surface area contributed by atoms with Crippen LogP contribution in [0.15, 0.2) is 36.7 Å². The Morgan fingerprint density at radius 2 is 1.93 bits per heavy atom. The molecule has 1 amide bonds. The molecule has 0 spiro atoms. The van der Waals surface area contributed by atoms with Gasteiger partial charge in [0.15, 0.2) is 11.5 Å². The number of imidazole rings is 1. The molecule has 0 aromatic carbocycles. The average Bonchev–Trinajstić information content (AvgIpc) is 3.41. The van der Waals surface area contributed by atoms with Crippen LogP contribution >= 0.6 is 0 Å². The van der Waals surface area contributed by atoms with Gasteiger partial charge in [-0.1, -0.05) is 20.8 Å². The number of alkyl halides is 2. The van der Waals surface area contributed by atoms with Crippen LogP contribution in [0.5, 0.6) is 11.5 Å². The maximum atomic E-state index is 14.8. The van der Waals surface area contributed by atoms with Crippen molar-refractivity contribution in [2.24, 2.45) is 13.0 Å². The van der Waals surface area contributed by atoms with Gasteiger partial charge in [0.1, 0.15) is 17.3 Å². The van der Waals surface area contributed by atoms with Crippen molar-refractivity contribution in [2.45, 2.75) is 52.0 Å². The normalized spacial score (nSPS) is 17.5. The molecule has 4 aromatic rings. The summed E-state index contributed by atoms with van der Waals surface area (Å²) in [6.07, 6.45) is 3.51. The first kappa shape index (κ1) is 28.4. The van der Waals surface area contributed by atoms with E-state index in [2.05, 4.69) is 30.7 Å². The summed E-state index contributed by atoms with van der Waals surface area (Å²) in [4.78, 5) is 26.2. The largest absolute Gasteiger partial charge is 0.455 e. The van der Waals surface area contributed by atoms with Gasteiger partial charge in [0, 0.05) is 61.9 Å². The molecule has 2 N–H and O–H groups in total. The van der Waals surface area contributed by atoms with E-state index in [4.69, 9.17) is 4.74 Å². The number of pyridine rings is 2. The van der Waals surface area contributed by atoms with Crippen molar-refractivity contribution in [3.05, 3.63) is 42.4 Å². The zero-order valence-electron chi connectivity index (χ0n) is 24.1. The number of hydrogen-bond acceptors (Lipinski definition) is 8. The van der Waals surface area contributed by atoms with Gasteiger partial charge in [0.05, 0.1) is 18.3 Å². The second-order valence-corrected chi connectivity index (χ2v) is 11.6. The second-order valence-electron chi connectivity index (χ2n) is 11.6. The summed E-state index contributed by atoms with van der Waals surface area (Å²) in [6.45, 7) is 8.06. The van der Waals surface area contributed by atoms with Gasteiger partial charge in [-0.25, -0.2) is 18.7 Å². The van der Waals surface area contributed by atoms with Gasteiger partial charge < -0.3 is 24.8 Å². The van der Waals surface area contributed by atoms with Crippen LogP contribution in [-0.4, -0.2) is 66.2 Å². The Balaban J connectivity index is 1.38. The van der Waals surface area contributed by atoms with Crippen LogP contribution in [0.1, 0.15) is 39.8 Å². The highest BCUT2D eigenvalue weighted by atomic mass is 19.3. The first-order chi connectivity index (χ1) is 19.3. The molecule has 1 saturated heterocycles. The van der Waals surface area contributed by atoms with E-state index in [0.717, 1.165) is 5.69 Å². The minimum Gasteiger partial charge on any atom is -0.455 e. The van der Waals surface area contributed by atoms with Crippen LogP contribution in [0.3, 0.4) is 0 Å². The molecule has 1 aliphatic rings. The number of halogens is 2. The van der Waals surface area contributed by atoms with E-state index >= 15 is 0 Å². The number of carbonyl (C=O) groups is 1. The third kappa shape index (κ3) is 6.29. The second kappa shape index (κ2) is 10.7. The smallest absolute Gasteiger partial charge is 0.265 e. The van der Waals surface area contributed by atoms with Crippen molar-refractivity contribution in [1.82, 2.24) is 34.2 Å². The molecule has 5 rings (SSSR count). The number of nitrogens with zero attached hydrogens (tertiary/aromatic N) is 7. The standard InChI is InChI=1S/C28H35F2N9O2/c1-17(40)33-23-12-19(7-9-31-23)41-20-11-21-25(32-14-20)35-26(38(21)6)34-24-13-22(27(2,3)4)39(36-24)15-18-8-10-37(5)16-28(18,29)30/h7,9,11-14,18H,8,10,15-16H2,1-6H3,(H,31,33,40)(H,32,34,35,36)/t18-/m0/s1. The highest BCUT2D eigenvalue weighted by Gasteiger charge is 2.44. The molecule has 218 valence electrons. The van der Waals surface area contributed by atoms with Crippen LogP contribution in [0, 0.1) is 5.92 Å². The number of aromatic nitrogens is 6. The molecule has 41 heavy (non-hydrogen) atoms. The van der Waals surface area contributed by atoms with Crippen LogP contribution in [0.4, 0.5) is 26.4 Å². The summed E-state index contributed by atoms with van der Waals surface area (Å²) in [7, 11) is 3.57. The fourth-order valence-electron chi connectivity index (χ4n) is 5.00. The van der Waals surface area contributed by atoms with Crippen LogP contribution in [-0.2, 0) is 23.8 Å². The van der Waals surface area contributed by atoms with Gasteiger partial charge in [-0.3, -0.25) is 9.48 Å². The van der Waals surface area contributed by atoms with Gasteiger partial charge in [0.25, 0.3) is 5.92 Å². The predicted molar refractivity (Wildman–Crippen MR) is 152 cm³/mol. The molecule has 0 aliphatic carbocycles. The summed E-state index contributed by atoms with van der Waals surface area (Å²) < 4.78 is 39.2. The number of ether oxygens (including phenoxy) is 1. The first-order valence-corrected chi connectivity index (χ1v) is 13.4. The number of piperidine rings is 1. The topological polar surface area (TPSA) is 115 Å². The van der Waals surface area contributed by atoms with Gasteiger partial charge in [-0.05, 0) is 26.1 Å². The van der Waals surface area contributed by atoms with Crippen molar-refractivity contribution >= 4 is 34.7 Å². The van der Waals surface area contributed by atoms with Crippen molar-refractivity contribution in [3.63, 3.8) is 0 Å². The molecule has 11 nitrogen and oxygen atoms in total. The highest BCUT2D eigenvalue weighted by Crippen LogP contribution is 2.36. The summed E-state index contributed by atoms with van der Waals surface area (Å²) in [5.41, 5.74) is 1.76. The van der Waals surface area contributed by atoms with Gasteiger partial charge in [-0.2, -0.15) is 10.1 Å². The van der Waals surface area contributed by atoms with Crippen molar-refractivity contribution < 1.29 is 18.3 Å². The zero-order valence-corrected chi connectivity index (χ0v) is 24.1. The third-order valence-electron chi connectivity index (χ3n) is 7.10. The van der Waals surface area contributed by atoms with Crippen LogP contribution in [0.2, 0.25) is 0 Å². The van der Waals surface area contributed by atoms with Crippen LogP contribution < -0.4 is 15.4 Å². The summed E-state index contributed by atoms with van der Waals surface area (Å²) in [6, 6.07) is 6.99. The molecule has 4 aromatic heterocycles. The molecular formula is C28H35F2N9O2. The Morgan fingerprint density at radius 3 is 2.63 bits per heavy atom. The minimum atomic E-state index is -2.79. The quantitative estimate of drug-likeness (QED) is 0.323.